The molecule has 0 aliphatic carbocycles. The number of carboxylic acids is 1. The molecule has 0 aromatic heterocycles. The van der Waals surface area contributed by atoms with Crippen molar-refractivity contribution in [1.29, 1.82) is 0 Å². The third kappa shape index (κ3) is 2.75. The Hall–Kier alpha value is -2.04. The first kappa shape index (κ1) is 13.0. The number of esters is 1. The van der Waals surface area contributed by atoms with Gasteiger partial charge in [0.05, 0.1) is 19.3 Å². The highest BCUT2D eigenvalue weighted by atomic mass is 16.5. The second-order valence-corrected chi connectivity index (χ2v) is 3.39. The van der Waals surface area contributed by atoms with Gasteiger partial charge in [-0.3, -0.25) is 0 Å². The smallest absolute Gasteiger partial charge is 0.341 e. The van der Waals surface area contributed by atoms with Crippen LogP contribution >= 0.6 is 0 Å². The Morgan fingerprint density at radius 3 is 2.41 bits per heavy atom. The lowest BCUT2D eigenvalue weighted by Crippen LogP contribution is -2.10. The quantitative estimate of drug-likeness (QED) is 0.811. The van der Waals surface area contributed by atoms with Crippen molar-refractivity contribution in [1.82, 2.24) is 0 Å². The average Bonchev–Trinajstić information content (AvgIpc) is 2.28. The molecule has 0 heterocycles. The molecule has 0 amide bonds. The van der Waals surface area contributed by atoms with Crippen molar-refractivity contribution < 1.29 is 24.2 Å². The number of carboxylic acid groups (broad SMARTS) is 1. The topological polar surface area (TPSA) is 72.8 Å². The minimum absolute atomic E-state index is 0.0638. The Kier molecular flexibility index (Phi) is 4.09. The molecule has 0 radical (unpaired) electrons. The summed E-state index contributed by atoms with van der Waals surface area (Å²) in [5, 5.41) is 8.97. The van der Waals surface area contributed by atoms with E-state index in [1.807, 2.05) is 0 Å². The van der Waals surface area contributed by atoms with E-state index < -0.39 is 11.9 Å². The van der Waals surface area contributed by atoms with Gasteiger partial charge in [-0.05, 0) is 31.5 Å². The Morgan fingerprint density at radius 1 is 1.29 bits per heavy atom. The number of carbonyl (C=O) groups is 2. The van der Waals surface area contributed by atoms with Gasteiger partial charge in [0.2, 0.25) is 0 Å². The van der Waals surface area contributed by atoms with Crippen LogP contribution in [-0.4, -0.2) is 30.8 Å². The SMILES string of the molecule is CCOC(=O)c1cc(C(=O)O)c(C)cc1OC. The van der Waals surface area contributed by atoms with Gasteiger partial charge >= 0.3 is 11.9 Å². The standard InChI is InChI=1S/C12H14O5/c1-4-17-12(15)9-6-8(11(13)14)7(2)5-10(9)16-3/h5-6H,4H2,1-3H3,(H,13,14). The second-order valence-electron chi connectivity index (χ2n) is 3.39. The number of carbonyl (C=O) groups excluding carboxylic acids is 1. The molecule has 5 nitrogen and oxygen atoms in total. The van der Waals surface area contributed by atoms with Gasteiger partial charge in [0, 0.05) is 0 Å². The number of aryl methyl sites for hydroxylation is 1. The van der Waals surface area contributed by atoms with Gasteiger partial charge in [-0.25, -0.2) is 9.59 Å². The van der Waals surface area contributed by atoms with E-state index >= 15 is 0 Å². The number of benzene rings is 1. The van der Waals surface area contributed by atoms with E-state index in [0.717, 1.165) is 0 Å². The van der Waals surface area contributed by atoms with E-state index in [-0.39, 0.29) is 17.7 Å². The van der Waals surface area contributed by atoms with E-state index in [0.29, 0.717) is 11.3 Å². The summed E-state index contributed by atoms with van der Waals surface area (Å²) in [6.45, 7) is 3.54. The highest BCUT2D eigenvalue weighted by Gasteiger charge is 2.18. The van der Waals surface area contributed by atoms with E-state index in [9.17, 15) is 9.59 Å². The van der Waals surface area contributed by atoms with Crippen molar-refractivity contribution in [2.75, 3.05) is 13.7 Å². The van der Waals surface area contributed by atoms with E-state index in [2.05, 4.69) is 0 Å². The Labute approximate surface area is 99.0 Å². The van der Waals surface area contributed by atoms with Gasteiger partial charge < -0.3 is 14.6 Å². The fraction of sp³-hybridized carbons (Fsp3) is 0.333. The number of hydrogen-bond acceptors (Lipinski definition) is 4. The summed E-state index contributed by atoms with van der Waals surface area (Å²) >= 11 is 0. The van der Waals surface area contributed by atoms with Crippen LogP contribution in [0.4, 0.5) is 0 Å². The second kappa shape index (κ2) is 5.34. The zero-order chi connectivity index (χ0) is 13.0. The molecular formula is C12H14O5. The van der Waals surface area contributed by atoms with Crippen LogP contribution in [0.3, 0.4) is 0 Å². The maximum atomic E-state index is 11.6. The van der Waals surface area contributed by atoms with E-state index in [1.54, 1.807) is 13.8 Å². The van der Waals surface area contributed by atoms with Crippen molar-refractivity contribution in [3.63, 3.8) is 0 Å². The van der Waals surface area contributed by atoms with Gasteiger partial charge in [0.15, 0.2) is 0 Å². The third-order valence-electron chi connectivity index (χ3n) is 2.27. The van der Waals surface area contributed by atoms with Crippen molar-refractivity contribution in [3.8, 4) is 5.75 Å². The van der Waals surface area contributed by atoms with Gasteiger partial charge in [-0.15, -0.1) is 0 Å². The van der Waals surface area contributed by atoms with Crippen LogP contribution in [0.25, 0.3) is 0 Å². The lowest BCUT2D eigenvalue weighted by molar-refractivity contribution is 0.0522. The first-order chi connectivity index (χ1) is 8.01. The first-order valence-electron chi connectivity index (χ1n) is 5.10. The van der Waals surface area contributed by atoms with Gasteiger partial charge in [0.1, 0.15) is 11.3 Å². The van der Waals surface area contributed by atoms with Crippen LogP contribution in [0.1, 0.15) is 33.2 Å². The molecule has 0 bridgehead atoms. The lowest BCUT2D eigenvalue weighted by atomic mass is 10.0. The van der Waals surface area contributed by atoms with Crippen molar-refractivity contribution in [2.24, 2.45) is 0 Å². The normalized spacial score (nSPS) is 9.82. The molecule has 0 saturated carbocycles. The molecule has 0 spiro atoms. The lowest BCUT2D eigenvalue weighted by Gasteiger charge is -2.10. The molecule has 0 fully saturated rings. The predicted molar refractivity (Wildman–Crippen MR) is 60.6 cm³/mol. The van der Waals surface area contributed by atoms with Gasteiger partial charge in [-0.1, -0.05) is 0 Å². The highest BCUT2D eigenvalue weighted by molar-refractivity contribution is 5.97. The summed E-state index contributed by atoms with van der Waals surface area (Å²) in [5.74, 6) is -1.37. The molecule has 17 heavy (non-hydrogen) atoms. The Balaban J connectivity index is 3.31. The molecule has 0 atom stereocenters. The van der Waals surface area contributed by atoms with Crippen LogP contribution in [-0.2, 0) is 4.74 Å². The van der Waals surface area contributed by atoms with Gasteiger partial charge in [0.25, 0.3) is 0 Å². The van der Waals surface area contributed by atoms with E-state index in [4.69, 9.17) is 14.6 Å². The maximum absolute atomic E-state index is 11.6. The third-order valence-corrected chi connectivity index (χ3v) is 2.27. The largest absolute Gasteiger partial charge is 0.496 e. The molecular weight excluding hydrogens is 224 g/mol. The Morgan fingerprint density at radius 2 is 1.94 bits per heavy atom. The Bertz CT molecular complexity index is 450. The van der Waals surface area contributed by atoms with Crippen molar-refractivity contribution in [3.05, 3.63) is 28.8 Å². The van der Waals surface area contributed by atoms with Crippen LogP contribution in [0.15, 0.2) is 12.1 Å². The van der Waals surface area contributed by atoms with Crippen LogP contribution in [0, 0.1) is 6.92 Å². The van der Waals surface area contributed by atoms with Crippen LogP contribution in [0.2, 0.25) is 0 Å². The summed E-state index contributed by atoms with van der Waals surface area (Å²) in [6.07, 6.45) is 0. The average molecular weight is 238 g/mol. The van der Waals surface area contributed by atoms with Crippen LogP contribution in [0.5, 0.6) is 5.75 Å². The van der Waals surface area contributed by atoms with E-state index in [1.165, 1.54) is 19.2 Å². The van der Waals surface area contributed by atoms with Crippen molar-refractivity contribution in [2.45, 2.75) is 13.8 Å². The summed E-state index contributed by atoms with van der Waals surface area (Å²) < 4.78 is 9.87. The van der Waals surface area contributed by atoms with Crippen LogP contribution < -0.4 is 4.74 Å². The first-order valence-corrected chi connectivity index (χ1v) is 5.10. The fourth-order valence-corrected chi connectivity index (χ4v) is 1.45. The number of ether oxygens (including phenoxy) is 2. The van der Waals surface area contributed by atoms with Crippen molar-refractivity contribution >= 4 is 11.9 Å². The molecule has 1 N–H and O–H groups in total. The minimum atomic E-state index is -1.09. The molecule has 1 rings (SSSR count). The highest BCUT2D eigenvalue weighted by Crippen LogP contribution is 2.24. The number of methoxy groups -OCH3 is 1. The molecule has 0 aliphatic heterocycles. The summed E-state index contributed by atoms with van der Waals surface area (Å²) in [6, 6.07) is 2.78. The molecule has 1 aromatic carbocycles. The number of hydrogen-bond donors (Lipinski definition) is 1. The maximum Gasteiger partial charge on any atom is 0.341 e. The molecule has 0 saturated heterocycles. The fourth-order valence-electron chi connectivity index (χ4n) is 1.45. The monoisotopic (exact) mass is 238 g/mol. The number of rotatable bonds is 4. The zero-order valence-electron chi connectivity index (χ0n) is 9.94. The van der Waals surface area contributed by atoms with Gasteiger partial charge in [-0.2, -0.15) is 0 Å². The minimum Gasteiger partial charge on any atom is -0.496 e. The molecule has 0 aliphatic rings. The summed E-state index contributed by atoms with van der Waals surface area (Å²) in [7, 11) is 1.41. The molecule has 0 unspecified atom stereocenters. The summed E-state index contributed by atoms with van der Waals surface area (Å²) in [5.41, 5.74) is 0.716. The molecule has 1 aromatic rings. The zero-order valence-corrected chi connectivity index (χ0v) is 9.94. The predicted octanol–water partition coefficient (Wildman–Crippen LogP) is 1.88. The number of aromatic carboxylic acids is 1. The summed E-state index contributed by atoms with van der Waals surface area (Å²) in [4.78, 5) is 22.6. The molecule has 92 valence electrons. The molecule has 5 heteroatoms.